The monoisotopic (exact) mass is 396 g/mol. The van der Waals surface area contributed by atoms with Gasteiger partial charge in [-0.05, 0) is 32.1 Å². The van der Waals surface area contributed by atoms with E-state index in [0.717, 1.165) is 4.90 Å². The highest BCUT2D eigenvalue weighted by Gasteiger charge is 2.71. The van der Waals surface area contributed by atoms with Crippen molar-refractivity contribution < 1.29 is 35.9 Å². The average Bonchev–Trinajstić information content (AvgIpc) is 2.38. The van der Waals surface area contributed by atoms with Gasteiger partial charge in [0, 0.05) is 18.0 Å². The lowest BCUT2D eigenvalue weighted by molar-refractivity contribution is -0.331. The Kier molecular flexibility index (Phi) is 6.16. The molecule has 0 aliphatic carbocycles. The fourth-order valence-electron chi connectivity index (χ4n) is 3.43. The topological polar surface area (TPSA) is 32.8 Å². The highest BCUT2D eigenvalue weighted by Crippen LogP contribution is 2.44. The molecule has 2 atom stereocenters. The molecule has 1 heterocycles. The first-order valence-electron chi connectivity index (χ1n) is 8.59. The van der Waals surface area contributed by atoms with E-state index in [1.54, 1.807) is 31.4 Å². The Morgan fingerprint density at radius 2 is 1.41 bits per heavy atom. The predicted molar refractivity (Wildman–Crippen MR) is 103 cm³/mol. The smallest absolute Gasteiger partial charge is 0.428 e. The van der Waals surface area contributed by atoms with E-state index in [-0.39, 0.29) is 25.9 Å². The van der Waals surface area contributed by atoms with Gasteiger partial charge in [-0.3, -0.25) is 0 Å². The van der Waals surface area contributed by atoms with Crippen molar-refractivity contribution in [3.05, 3.63) is 0 Å². The second kappa shape index (κ2) is 6.88. The van der Waals surface area contributed by atoms with Crippen molar-refractivity contribution >= 4 is 45.3 Å². The van der Waals surface area contributed by atoms with E-state index in [1.807, 2.05) is 20.8 Å². The number of ether oxygens (including phenoxy) is 1. The first-order chi connectivity index (χ1) is 11.7. The summed E-state index contributed by atoms with van der Waals surface area (Å²) in [5.41, 5.74) is -4.88. The summed E-state index contributed by atoms with van der Waals surface area (Å²) < 4.78 is 82.6. The van der Waals surface area contributed by atoms with Crippen LogP contribution in [0.1, 0.15) is 20.8 Å². The molecule has 1 fully saturated rings. The summed E-state index contributed by atoms with van der Waals surface area (Å²) in [6.45, 7) is 6.12. The number of alkyl halides is 6. The van der Waals surface area contributed by atoms with Crippen LogP contribution in [-0.2, 0) is 4.74 Å². The Labute approximate surface area is 159 Å². The minimum atomic E-state index is -5.80. The summed E-state index contributed by atoms with van der Waals surface area (Å²) in [7, 11) is 6.38. The second-order valence-corrected chi connectivity index (χ2v) is 8.86. The molecule has 1 saturated heterocycles. The molecule has 0 aromatic heterocycles. The highest BCUT2D eigenvalue weighted by molar-refractivity contribution is 6.42. The van der Waals surface area contributed by atoms with Crippen LogP contribution in [-0.4, -0.2) is 102 Å². The maximum Gasteiger partial charge on any atom is 0.428 e. The van der Waals surface area contributed by atoms with Crippen molar-refractivity contribution in [1.29, 1.82) is 0 Å². The standard InChI is InChI=1S/C12H23B5F6N2O2/c1-8(2,3)24-4-9(15,16)25(6(14)5(24)13)7(26)27-10(17,11(18,19)20)12(21,22)23/h5-6H,4,13-17H2,1-3H3. The van der Waals surface area contributed by atoms with Crippen molar-refractivity contribution in [2.75, 3.05) is 6.54 Å². The van der Waals surface area contributed by atoms with Crippen LogP contribution in [0.5, 0.6) is 0 Å². The summed E-state index contributed by atoms with van der Waals surface area (Å²) in [4.78, 5) is 15.6. The summed E-state index contributed by atoms with van der Waals surface area (Å²) in [6, 6.07) is 0. The molecule has 1 aliphatic rings. The van der Waals surface area contributed by atoms with E-state index in [4.69, 9.17) is 0 Å². The number of carbonyl (C=O) groups is 1. The molecule has 0 saturated carbocycles. The molecule has 0 bridgehead atoms. The van der Waals surface area contributed by atoms with Gasteiger partial charge in [-0.2, -0.15) is 26.3 Å². The second-order valence-electron chi connectivity index (χ2n) is 8.86. The van der Waals surface area contributed by atoms with Gasteiger partial charge in [0.05, 0.1) is 0 Å². The van der Waals surface area contributed by atoms with E-state index in [0.29, 0.717) is 0 Å². The normalized spacial score (nSPS) is 25.3. The van der Waals surface area contributed by atoms with E-state index in [2.05, 4.69) is 9.64 Å². The number of piperazine rings is 1. The zero-order valence-corrected chi connectivity index (χ0v) is 16.8. The molecule has 0 aromatic carbocycles. The van der Waals surface area contributed by atoms with Gasteiger partial charge in [0.15, 0.2) is 7.85 Å². The Bertz CT molecular complexity index is 566. The van der Waals surface area contributed by atoms with Crippen LogP contribution in [0.25, 0.3) is 0 Å². The Morgan fingerprint density at radius 1 is 1.00 bits per heavy atom. The molecule has 4 nitrogen and oxygen atoms in total. The van der Waals surface area contributed by atoms with Gasteiger partial charge in [-0.15, -0.1) is 0 Å². The molecule has 27 heavy (non-hydrogen) atoms. The van der Waals surface area contributed by atoms with Gasteiger partial charge in [0.25, 0.3) is 5.50 Å². The van der Waals surface area contributed by atoms with Gasteiger partial charge < -0.3 is 14.5 Å². The van der Waals surface area contributed by atoms with Crippen molar-refractivity contribution in [3.63, 3.8) is 0 Å². The van der Waals surface area contributed by atoms with Crippen molar-refractivity contribution in [3.8, 4) is 0 Å². The quantitative estimate of drug-likeness (QED) is 0.374. The third kappa shape index (κ3) is 4.43. The number of halogens is 6. The zero-order chi connectivity index (χ0) is 21.8. The zero-order valence-electron chi connectivity index (χ0n) is 16.8. The van der Waals surface area contributed by atoms with Gasteiger partial charge >= 0.3 is 18.4 Å². The number of nitrogens with zero attached hydrogens (tertiary/aromatic N) is 2. The lowest BCUT2D eigenvalue weighted by Gasteiger charge is -2.58. The Hall–Kier alpha value is -0.865. The first kappa shape index (κ1) is 24.2. The van der Waals surface area contributed by atoms with Crippen LogP contribution < -0.4 is 0 Å². The highest BCUT2D eigenvalue weighted by atomic mass is 19.4. The van der Waals surface area contributed by atoms with Crippen LogP contribution in [0.2, 0.25) is 0 Å². The molecular weight excluding hydrogens is 372 g/mol. The number of hydrogen-bond donors (Lipinski definition) is 0. The molecule has 2 unspecified atom stereocenters. The lowest BCUT2D eigenvalue weighted by atomic mass is 9.55. The van der Waals surface area contributed by atoms with Crippen LogP contribution in [0.4, 0.5) is 31.1 Å². The predicted octanol–water partition coefficient (Wildman–Crippen LogP) is -2.17. The van der Waals surface area contributed by atoms with Gasteiger partial charge in [0.2, 0.25) is 0 Å². The van der Waals surface area contributed by atoms with E-state index in [1.165, 1.54) is 0 Å². The summed E-state index contributed by atoms with van der Waals surface area (Å²) in [6.07, 6.45) is -13.2. The third-order valence-electron chi connectivity index (χ3n) is 5.24. The van der Waals surface area contributed by atoms with E-state index in [9.17, 15) is 31.1 Å². The summed E-state index contributed by atoms with van der Waals surface area (Å²) in [5, 5.41) is -1.03. The van der Waals surface area contributed by atoms with Crippen LogP contribution >= 0.6 is 0 Å². The molecule has 1 aliphatic heterocycles. The lowest BCUT2D eigenvalue weighted by Crippen LogP contribution is -2.76. The molecule has 0 spiro atoms. The summed E-state index contributed by atoms with van der Waals surface area (Å²) >= 11 is 0. The first-order valence-corrected chi connectivity index (χ1v) is 8.59. The van der Waals surface area contributed by atoms with Crippen molar-refractivity contribution in [2.45, 2.75) is 61.4 Å². The van der Waals surface area contributed by atoms with Gasteiger partial charge in [-0.1, -0.05) is 0 Å². The third-order valence-corrected chi connectivity index (χ3v) is 5.24. The molecule has 0 aromatic rings. The molecule has 150 valence electrons. The number of rotatable bonds is 1. The number of hydrogen-bond acceptors (Lipinski definition) is 3. The number of carbonyl (C=O) groups excluding carboxylic acids is 1. The van der Waals surface area contributed by atoms with E-state index >= 15 is 0 Å². The largest absolute Gasteiger partial charge is 0.433 e. The van der Waals surface area contributed by atoms with E-state index < -0.39 is 35.2 Å². The van der Waals surface area contributed by atoms with Crippen molar-refractivity contribution in [1.82, 2.24) is 9.80 Å². The maximum absolute atomic E-state index is 13.1. The Balaban J connectivity index is 3.27. The minimum Gasteiger partial charge on any atom is -0.433 e. The minimum absolute atomic E-state index is 0.169. The maximum atomic E-state index is 13.1. The molecule has 0 N–H and O–H groups in total. The molecule has 1 amide bonds. The molecule has 1 rings (SSSR count). The van der Waals surface area contributed by atoms with Gasteiger partial charge in [-0.25, -0.2) is 4.79 Å². The van der Waals surface area contributed by atoms with Crippen LogP contribution in [0.3, 0.4) is 0 Å². The van der Waals surface area contributed by atoms with Gasteiger partial charge in [0.1, 0.15) is 31.4 Å². The SMILES string of the molecule is BC1C(B)N(C(=O)OC(B)(C(F)(F)F)C(F)(F)F)C(B)(B)CN1C(C)(C)C. The number of amides is 1. The average molecular weight is 395 g/mol. The molecular formula is C12H23B5F6N2O2. The molecule has 0 radical (unpaired) electrons. The van der Waals surface area contributed by atoms with Crippen molar-refractivity contribution in [2.24, 2.45) is 0 Å². The van der Waals surface area contributed by atoms with Crippen LogP contribution in [0.15, 0.2) is 0 Å². The Morgan fingerprint density at radius 3 is 1.74 bits per heavy atom. The molecule has 15 heteroatoms. The fourth-order valence-corrected chi connectivity index (χ4v) is 3.43. The van der Waals surface area contributed by atoms with Crippen LogP contribution in [0, 0.1) is 0 Å². The fraction of sp³-hybridized carbons (Fsp3) is 0.917. The summed E-state index contributed by atoms with van der Waals surface area (Å²) in [5.74, 6) is -0.959.